The van der Waals surface area contributed by atoms with Crippen LogP contribution in [0.3, 0.4) is 0 Å². The molecule has 0 radical (unpaired) electrons. The molecule has 2 atom stereocenters. The van der Waals surface area contributed by atoms with Gasteiger partial charge in [-0.15, -0.1) is 0 Å². The van der Waals surface area contributed by atoms with Crippen LogP contribution in [0.15, 0.2) is 0 Å². The maximum Gasteiger partial charge on any atom is -0.0412 e. The van der Waals surface area contributed by atoms with Gasteiger partial charge in [0.1, 0.15) is 0 Å². The lowest BCUT2D eigenvalue weighted by Gasteiger charge is -2.23. The van der Waals surface area contributed by atoms with Gasteiger partial charge in [0.15, 0.2) is 0 Å². The standard InChI is InChI=1S/C24H50/c1-5-9-12-14-15-18-19-23(8-4)22-24(20-16-11-7-3)21-17-13-10-6-2/h23-24H,5-22H2,1-4H3. The third-order valence-electron chi connectivity index (χ3n) is 5.89. The van der Waals surface area contributed by atoms with Crippen LogP contribution in [-0.4, -0.2) is 0 Å². The Labute approximate surface area is 155 Å². The lowest BCUT2D eigenvalue weighted by molar-refractivity contribution is 0.294. The van der Waals surface area contributed by atoms with E-state index in [1.54, 1.807) is 0 Å². The van der Waals surface area contributed by atoms with Crippen LogP contribution >= 0.6 is 0 Å². The highest BCUT2D eigenvalue weighted by Gasteiger charge is 2.15. The molecule has 0 heterocycles. The first-order valence-electron chi connectivity index (χ1n) is 11.8. The van der Waals surface area contributed by atoms with E-state index in [9.17, 15) is 0 Å². The Hall–Kier alpha value is 0. The molecule has 0 aromatic carbocycles. The zero-order chi connectivity index (χ0) is 17.9. The van der Waals surface area contributed by atoms with Gasteiger partial charge >= 0.3 is 0 Å². The number of hydrogen-bond acceptors (Lipinski definition) is 0. The van der Waals surface area contributed by atoms with Crippen LogP contribution in [0.4, 0.5) is 0 Å². The van der Waals surface area contributed by atoms with Crippen molar-refractivity contribution in [2.45, 2.75) is 143 Å². The highest BCUT2D eigenvalue weighted by atomic mass is 14.2. The van der Waals surface area contributed by atoms with Gasteiger partial charge in [0.05, 0.1) is 0 Å². The van der Waals surface area contributed by atoms with E-state index >= 15 is 0 Å². The first-order chi connectivity index (χ1) is 11.8. The van der Waals surface area contributed by atoms with Gasteiger partial charge in [-0.3, -0.25) is 0 Å². The fourth-order valence-corrected chi connectivity index (χ4v) is 4.10. The summed E-state index contributed by atoms with van der Waals surface area (Å²) in [6, 6.07) is 0. The summed E-state index contributed by atoms with van der Waals surface area (Å²) in [7, 11) is 0. The van der Waals surface area contributed by atoms with E-state index in [4.69, 9.17) is 0 Å². The molecule has 0 nitrogen and oxygen atoms in total. The Morgan fingerprint density at radius 1 is 0.417 bits per heavy atom. The minimum atomic E-state index is 1.01. The van der Waals surface area contributed by atoms with E-state index in [0.717, 1.165) is 11.8 Å². The molecule has 0 bridgehead atoms. The van der Waals surface area contributed by atoms with E-state index in [-0.39, 0.29) is 0 Å². The van der Waals surface area contributed by atoms with E-state index in [1.165, 1.54) is 116 Å². The van der Waals surface area contributed by atoms with Crippen molar-refractivity contribution >= 4 is 0 Å². The summed E-state index contributed by atoms with van der Waals surface area (Å²) in [5, 5.41) is 0. The third-order valence-corrected chi connectivity index (χ3v) is 5.89. The molecule has 146 valence electrons. The fraction of sp³-hybridized carbons (Fsp3) is 1.00. The Morgan fingerprint density at radius 2 is 0.792 bits per heavy atom. The molecule has 0 N–H and O–H groups in total. The van der Waals surface area contributed by atoms with Gasteiger partial charge in [-0.25, -0.2) is 0 Å². The first-order valence-corrected chi connectivity index (χ1v) is 11.8. The summed E-state index contributed by atoms with van der Waals surface area (Å²) >= 11 is 0. The quantitative estimate of drug-likeness (QED) is 0.206. The average Bonchev–Trinajstić information content (AvgIpc) is 2.60. The summed E-state index contributed by atoms with van der Waals surface area (Å²) in [4.78, 5) is 0. The zero-order valence-corrected chi connectivity index (χ0v) is 17.9. The third kappa shape index (κ3) is 15.5. The molecular formula is C24H50. The molecule has 0 aliphatic heterocycles. The molecule has 0 amide bonds. The molecule has 0 fully saturated rings. The van der Waals surface area contributed by atoms with Gasteiger partial charge < -0.3 is 0 Å². The summed E-state index contributed by atoms with van der Waals surface area (Å²) in [6.45, 7) is 9.41. The van der Waals surface area contributed by atoms with Crippen LogP contribution in [-0.2, 0) is 0 Å². The molecule has 0 saturated heterocycles. The van der Waals surface area contributed by atoms with E-state index in [1.807, 2.05) is 0 Å². The molecule has 0 aromatic rings. The normalized spacial score (nSPS) is 14.0. The van der Waals surface area contributed by atoms with E-state index in [0.29, 0.717) is 0 Å². The van der Waals surface area contributed by atoms with Crippen molar-refractivity contribution in [3.63, 3.8) is 0 Å². The monoisotopic (exact) mass is 338 g/mol. The van der Waals surface area contributed by atoms with Crippen molar-refractivity contribution < 1.29 is 0 Å². The number of rotatable bonds is 19. The van der Waals surface area contributed by atoms with Crippen molar-refractivity contribution in [2.24, 2.45) is 11.8 Å². The van der Waals surface area contributed by atoms with Gasteiger partial charge in [-0.1, -0.05) is 137 Å². The molecule has 2 unspecified atom stereocenters. The summed E-state index contributed by atoms with van der Waals surface area (Å²) in [6.07, 6.45) is 26.2. The Morgan fingerprint density at radius 3 is 1.33 bits per heavy atom. The first kappa shape index (κ1) is 24.0. The van der Waals surface area contributed by atoms with Crippen LogP contribution in [0.1, 0.15) is 143 Å². The Balaban J connectivity index is 4.02. The van der Waals surface area contributed by atoms with Gasteiger partial charge in [0, 0.05) is 0 Å². The second kappa shape index (κ2) is 19.3. The average molecular weight is 339 g/mol. The van der Waals surface area contributed by atoms with Crippen LogP contribution in [0.2, 0.25) is 0 Å². The molecular weight excluding hydrogens is 288 g/mol. The van der Waals surface area contributed by atoms with Gasteiger partial charge in [-0.2, -0.15) is 0 Å². The van der Waals surface area contributed by atoms with Crippen molar-refractivity contribution in [3.8, 4) is 0 Å². The van der Waals surface area contributed by atoms with E-state index in [2.05, 4.69) is 27.7 Å². The minimum Gasteiger partial charge on any atom is -0.0654 e. The molecule has 0 rings (SSSR count). The van der Waals surface area contributed by atoms with Crippen LogP contribution in [0.25, 0.3) is 0 Å². The van der Waals surface area contributed by atoms with Crippen LogP contribution in [0, 0.1) is 11.8 Å². The van der Waals surface area contributed by atoms with E-state index < -0.39 is 0 Å². The Bertz CT molecular complexity index is 220. The molecule has 0 spiro atoms. The molecule has 0 aliphatic rings. The smallest absolute Gasteiger partial charge is 0.0412 e. The lowest BCUT2D eigenvalue weighted by Crippen LogP contribution is -2.09. The SMILES string of the molecule is CCCCCCCCC(CC)CC(CCCCC)CCCCCC. The maximum absolute atomic E-state index is 2.43. The molecule has 0 aromatic heterocycles. The van der Waals surface area contributed by atoms with Crippen LogP contribution < -0.4 is 0 Å². The second-order valence-electron chi connectivity index (χ2n) is 8.28. The maximum atomic E-state index is 2.43. The van der Waals surface area contributed by atoms with Gasteiger partial charge in [0.2, 0.25) is 0 Å². The fourth-order valence-electron chi connectivity index (χ4n) is 4.10. The minimum absolute atomic E-state index is 1.01. The predicted octanol–water partition coefficient (Wildman–Crippen LogP) is 9.32. The Kier molecular flexibility index (Phi) is 19.3. The van der Waals surface area contributed by atoms with Crippen LogP contribution in [0.5, 0.6) is 0 Å². The number of unbranched alkanes of at least 4 members (excludes halogenated alkanes) is 10. The van der Waals surface area contributed by atoms with Gasteiger partial charge in [0.25, 0.3) is 0 Å². The molecule has 0 aliphatic carbocycles. The topological polar surface area (TPSA) is 0 Å². The number of hydrogen-bond donors (Lipinski definition) is 0. The highest BCUT2D eigenvalue weighted by Crippen LogP contribution is 2.29. The predicted molar refractivity (Wildman–Crippen MR) is 113 cm³/mol. The highest BCUT2D eigenvalue weighted by molar-refractivity contribution is 4.67. The summed E-state index contributed by atoms with van der Waals surface area (Å²) in [5.41, 5.74) is 0. The summed E-state index contributed by atoms with van der Waals surface area (Å²) in [5.74, 6) is 2.03. The van der Waals surface area contributed by atoms with Gasteiger partial charge in [-0.05, 0) is 18.3 Å². The second-order valence-corrected chi connectivity index (χ2v) is 8.28. The summed E-state index contributed by atoms with van der Waals surface area (Å²) < 4.78 is 0. The van der Waals surface area contributed by atoms with Crippen molar-refractivity contribution in [3.05, 3.63) is 0 Å². The zero-order valence-electron chi connectivity index (χ0n) is 17.9. The van der Waals surface area contributed by atoms with Crippen molar-refractivity contribution in [1.82, 2.24) is 0 Å². The molecule has 0 heteroatoms. The van der Waals surface area contributed by atoms with Crippen molar-refractivity contribution in [2.75, 3.05) is 0 Å². The molecule has 24 heavy (non-hydrogen) atoms. The van der Waals surface area contributed by atoms with Crippen molar-refractivity contribution in [1.29, 1.82) is 0 Å². The largest absolute Gasteiger partial charge is 0.0654 e. The lowest BCUT2D eigenvalue weighted by atomic mass is 9.83. The molecule has 0 saturated carbocycles.